The lowest BCUT2D eigenvalue weighted by atomic mass is 10.2. The van der Waals surface area contributed by atoms with Crippen molar-refractivity contribution in [3.05, 3.63) is 42.3 Å². The number of guanidine groups is 1. The van der Waals surface area contributed by atoms with Crippen molar-refractivity contribution >= 4 is 41.7 Å². The van der Waals surface area contributed by atoms with Gasteiger partial charge in [0.2, 0.25) is 5.89 Å². The topological polar surface area (TPSA) is 62.5 Å². The van der Waals surface area contributed by atoms with Crippen LogP contribution in [0.3, 0.4) is 0 Å². The van der Waals surface area contributed by atoms with E-state index in [1.165, 1.54) is 0 Å². The molecule has 0 spiro atoms. The van der Waals surface area contributed by atoms with Gasteiger partial charge in [-0.25, -0.2) is 4.98 Å². The SMILES string of the molecule is CN=C(NCCCSC)NCc1coc(-c2ccccc2)n1.I. The molecule has 7 heteroatoms. The van der Waals surface area contributed by atoms with Crippen molar-refractivity contribution in [1.82, 2.24) is 15.6 Å². The summed E-state index contributed by atoms with van der Waals surface area (Å²) in [6.45, 7) is 1.49. The average Bonchev–Trinajstić information content (AvgIpc) is 3.04. The van der Waals surface area contributed by atoms with Crippen LogP contribution in [0.25, 0.3) is 11.5 Å². The molecule has 0 aliphatic rings. The molecule has 0 unspecified atom stereocenters. The Morgan fingerprint density at radius 3 is 2.74 bits per heavy atom. The summed E-state index contributed by atoms with van der Waals surface area (Å²) in [5.74, 6) is 2.57. The molecule has 1 aromatic heterocycles. The number of aliphatic imine (C=N–C) groups is 1. The van der Waals surface area contributed by atoms with Crippen molar-refractivity contribution in [3.8, 4) is 11.5 Å². The summed E-state index contributed by atoms with van der Waals surface area (Å²) in [5.41, 5.74) is 1.83. The van der Waals surface area contributed by atoms with Crippen molar-refractivity contribution in [3.63, 3.8) is 0 Å². The molecule has 0 aliphatic carbocycles. The van der Waals surface area contributed by atoms with Gasteiger partial charge in [-0.2, -0.15) is 11.8 Å². The standard InChI is InChI=1S/C16H22N4OS.HI/c1-17-16(18-9-6-10-22-2)19-11-14-12-21-15(20-14)13-7-4-3-5-8-13;/h3-5,7-8,12H,6,9-11H2,1-2H3,(H2,17,18,19);1H. The first kappa shape index (κ1) is 19.8. The van der Waals surface area contributed by atoms with Crippen molar-refractivity contribution in [2.45, 2.75) is 13.0 Å². The van der Waals surface area contributed by atoms with E-state index < -0.39 is 0 Å². The molecule has 23 heavy (non-hydrogen) atoms. The summed E-state index contributed by atoms with van der Waals surface area (Å²) in [5, 5.41) is 6.52. The zero-order chi connectivity index (χ0) is 15.6. The first-order valence-electron chi connectivity index (χ1n) is 7.26. The molecule has 0 saturated carbocycles. The predicted molar refractivity (Wildman–Crippen MR) is 109 cm³/mol. The molecule has 0 atom stereocenters. The van der Waals surface area contributed by atoms with Gasteiger partial charge in [0.25, 0.3) is 0 Å². The third-order valence-electron chi connectivity index (χ3n) is 3.05. The molecular formula is C16H23IN4OS. The molecule has 0 radical (unpaired) electrons. The maximum Gasteiger partial charge on any atom is 0.226 e. The van der Waals surface area contributed by atoms with E-state index in [1.807, 2.05) is 42.1 Å². The molecule has 5 nitrogen and oxygen atoms in total. The fourth-order valence-electron chi connectivity index (χ4n) is 1.92. The third kappa shape index (κ3) is 6.82. The molecule has 0 bridgehead atoms. The smallest absolute Gasteiger partial charge is 0.226 e. The molecule has 0 amide bonds. The highest BCUT2D eigenvalue weighted by atomic mass is 127. The molecule has 0 saturated heterocycles. The van der Waals surface area contributed by atoms with Gasteiger partial charge in [0, 0.05) is 19.2 Å². The second kappa shape index (κ2) is 11.3. The number of thioether (sulfide) groups is 1. The second-order valence-electron chi connectivity index (χ2n) is 4.71. The Hall–Kier alpha value is -1.22. The molecule has 0 aliphatic heterocycles. The molecule has 1 aromatic carbocycles. The Labute approximate surface area is 158 Å². The van der Waals surface area contributed by atoms with E-state index in [9.17, 15) is 0 Å². The fraction of sp³-hybridized carbons (Fsp3) is 0.375. The van der Waals surface area contributed by atoms with E-state index in [4.69, 9.17) is 4.42 Å². The largest absolute Gasteiger partial charge is 0.444 e. The van der Waals surface area contributed by atoms with Crippen LogP contribution in [0.4, 0.5) is 0 Å². The predicted octanol–water partition coefficient (Wildman–Crippen LogP) is 3.38. The summed E-state index contributed by atoms with van der Waals surface area (Å²) in [6.07, 6.45) is 4.91. The Bertz CT molecular complexity index is 589. The molecule has 2 aromatic rings. The fourth-order valence-corrected chi connectivity index (χ4v) is 2.35. The summed E-state index contributed by atoms with van der Waals surface area (Å²) in [7, 11) is 1.77. The van der Waals surface area contributed by atoms with Crippen molar-refractivity contribution < 1.29 is 4.42 Å². The number of nitrogens with zero attached hydrogens (tertiary/aromatic N) is 2. The highest BCUT2D eigenvalue weighted by Gasteiger charge is 2.06. The lowest BCUT2D eigenvalue weighted by Crippen LogP contribution is -2.37. The number of nitrogens with one attached hydrogen (secondary N) is 2. The first-order chi connectivity index (χ1) is 10.8. The summed E-state index contributed by atoms with van der Waals surface area (Å²) in [6, 6.07) is 9.88. The average molecular weight is 446 g/mol. The Morgan fingerprint density at radius 2 is 2.04 bits per heavy atom. The first-order valence-corrected chi connectivity index (χ1v) is 8.66. The van der Waals surface area contributed by atoms with Crippen LogP contribution < -0.4 is 10.6 Å². The van der Waals surface area contributed by atoms with Crippen LogP contribution in [0.15, 0.2) is 46.0 Å². The summed E-state index contributed by atoms with van der Waals surface area (Å²) >= 11 is 1.85. The zero-order valence-electron chi connectivity index (χ0n) is 13.4. The molecule has 126 valence electrons. The van der Waals surface area contributed by atoms with Crippen molar-refractivity contribution in [2.24, 2.45) is 4.99 Å². The maximum atomic E-state index is 5.52. The minimum absolute atomic E-state index is 0. The summed E-state index contributed by atoms with van der Waals surface area (Å²) in [4.78, 5) is 8.68. The molecule has 0 fully saturated rings. The van der Waals surface area contributed by atoms with E-state index in [2.05, 4.69) is 26.9 Å². The van der Waals surface area contributed by atoms with Crippen molar-refractivity contribution in [1.29, 1.82) is 0 Å². The van der Waals surface area contributed by atoms with Gasteiger partial charge in [-0.1, -0.05) is 18.2 Å². The molecular weight excluding hydrogens is 423 g/mol. The Morgan fingerprint density at radius 1 is 1.26 bits per heavy atom. The number of halogens is 1. The second-order valence-corrected chi connectivity index (χ2v) is 5.69. The number of rotatable bonds is 7. The number of aromatic nitrogens is 1. The van der Waals surface area contributed by atoms with E-state index in [1.54, 1.807) is 13.3 Å². The van der Waals surface area contributed by atoms with Gasteiger partial charge in [0.1, 0.15) is 6.26 Å². The Balaban J connectivity index is 0.00000264. The van der Waals surface area contributed by atoms with Crippen LogP contribution in [0.1, 0.15) is 12.1 Å². The molecule has 2 rings (SSSR count). The van der Waals surface area contributed by atoms with Crippen LogP contribution in [0, 0.1) is 0 Å². The minimum Gasteiger partial charge on any atom is -0.444 e. The monoisotopic (exact) mass is 446 g/mol. The Kier molecular flexibility index (Phi) is 9.77. The lowest BCUT2D eigenvalue weighted by Gasteiger charge is -2.10. The van der Waals surface area contributed by atoms with Crippen LogP contribution in [0.5, 0.6) is 0 Å². The quantitative estimate of drug-likeness (QED) is 0.296. The summed E-state index contributed by atoms with van der Waals surface area (Å²) < 4.78 is 5.52. The zero-order valence-corrected chi connectivity index (χ0v) is 16.6. The number of hydrogen-bond donors (Lipinski definition) is 2. The van der Waals surface area contributed by atoms with E-state index in [-0.39, 0.29) is 24.0 Å². The minimum atomic E-state index is 0. The number of oxazole rings is 1. The third-order valence-corrected chi connectivity index (χ3v) is 3.75. The highest BCUT2D eigenvalue weighted by Crippen LogP contribution is 2.17. The molecule has 2 N–H and O–H groups in total. The number of hydrogen-bond acceptors (Lipinski definition) is 4. The van der Waals surface area contributed by atoms with Gasteiger partial charge in [-0.05, 0) is 30.6 Å². The maximum absolute atomic E-state index is 5.52. The van der Waals surface area contributed by atoms with Crippen LogP contribution in [0.2, 0.25) is 0 Å². The van der Waals surface area contributed by atoms with Crippen LogP contribution in [-0.2, 0) is 6.54 Å². The van der Waals surface area contributed by atoms with Gasteiger partial charge in [-0.3, -0.25) is 4.99 Å². The number of benzene rings is 1. The van der Waals surface area contributed by atoms with Gasteiger partial charge < -0.3 is 15.1 Å². The lowest BCUT2D eigenvalue weighted by molar-refractivity contribution is 0.572. The normalized spacial score (nSPS) is 11.0. The van der Waals surface area contributed by atoms with E-state index in [0.717, 1.165) is 35.9 Å². The van der Waals surface area contributed by atoms with Gasteiger partial charge in [0.15, 0.2) is 5.96 Å². The highest BCUT2D eigenvalue weighted by molar-refractivity contribution is 14.0. The molecule has 1 heterocycles. The van der Waals surface area contributed by atoms with Gasteiger partial charge >= 0.3 is 0 Å². The van der Waals surface area contributed by atoms with Crippen LogP contribution >= 0.6 is 35.7 Å². The van der Waals surface area contributed by atoms with Gasteiger partial charge in [-0.15, -0.1) is 24.0 Å². The van der Waals surface area contributed by atoms with Crippen molar-refractivity contribution in [2.75, 3.05) is 25.6 Å². The van der Waals surface area contributed by atoms with Gasteiger partial charge in [0.05, 0.1) is 12.2 Å². The van der Waals surface area contributed by atoms with E-state index in [0.29, 0.717) is 12.4 Å². The van der Waals surface area contributed by atoms with E-state index >= 15 is 0 Å². The van der Waals surface area contributed by atoms with Crippen LogP contribution in [-0.4, -0.2) is 36.5 Å².